The summed E-state index contributed by atoms with van der Waals surface area (Å²) < 4.78 is 0. The van der Waals surface area contributed by atoms with Crippen LogP contribution in [0, 0.1) is 5.92 Å². The molecule has 1 aliphatic heterocycles. The molecule has 1 heterocycles. The summed E-state index contributed by atoms with van der Waals surface area (Å²) in [7, 11) is 0. The third-order valence-corrected chi connectivity index (χ3v) is 3.54. The van der Waals surface area contributed by atoms with E-state index in [0.717, 1.165) is 25.4 Å². The van der Waals surface area contributed by atoms with Gasteiger partial charge in [0.25, 0.3) is 0 Å². The number of carbonyl (C=O) groups excluding carboxylic acids is 1. The fourth-order valence-electron chi connectivity index (χ4n) is 2.38. The second kappa shape index (κ2) is 5.82. The first kappa shape index (κ1) is 12.1. The van der Waals surface area contributed by atoms with Gasteiger partial charge >= 0.3 is 0 Å². The van der Waals surface area contributed by atoms with Crippen LogP contribution in [-0.4, -0.2) is 19.0 Å². The van der Waals surface area contributed by atoms with E-state index in [1.807, 2.05) is 24.3 Å². The van der Waals surface area contributed by atoms with Crippen LogP contribution in [0.15, 0.2) is 24.3 Å². The third-order valence-electron chi connectivity index (χ3n) is 3.54. The minimum absolute atomic E-state index is 0.352. The number of nitrogens with one attached hydrogen (secondary N) is 1. The van der Waals surface area contributed by atoms with Crippen LogP contribution in [0.2, 0.25) is 0 Å². The Hall–Kier alpha value is -1.35. The summed E-state index contributed by atoms with van der Waals surface area (Å²) in [4.78, 5) is 10.9. The molecule has 1 aromatic rings. The van der Waals surface area contributed by atoms with Crippen molar-refractivity contribution in [3.05, 3.63) is 35.4 Å². The first-order chi connectivity index (χ1) is 8.25. The predicted octanol–water partition coefficient (Wildman–Crippen LogP) is 1.72. The zero-order valence-electron chi connectivity index (χ0n) is 10.1. The highest BCUT2D eigenvalue weighted by atomic mass is 16.1. The molecule has 0 unspecified atom stereocenters. The van der Waals surface area contributed by atoms with Crippen molar-refractivity contribution >= 4 is 5.91 Å². The van der Waals surface area contributed by atoms with Crippen LogP contribution in [-0.2, 0) is 6.42 Å². The first-order valence-corrected chi connectivity index (χ1v) is 6.35. The summed E-state index contributed by atoms with van der Waals surface area (Å²) in [6, 6.07) is 7.67. The molecule has 0 atom stereocenters. The van der Waals surface area contributed by atoms with Gasteiger partial charge in [-0.3, -0.25) is 4.79 Å². The number of piperidine rings is 1. The Kier molecular flexibility index (Phi) is 4.15. The monoisotopic (exact) mass is 232 g/mol. The topological polar surface area (TPSA) is 55.1 Å². The normalized spacial score (nSPS) is 16.9. The van der Waals surface area contributed by atoms with Crippen molar-refractivity contribution in [2.24, 2.45) is 11.7 Å². The average molecular weight is 232 g/mol. The van der Waals surface area contributed by atoms with Crippen molar-refractivity contribution in [1.82, 2.24) is 5.32 Å². The van der Waals surface area contributed by atoms with Crippen molar-refractivity contribution in [1.29, 1.82) is 0 Å². The molecule has 3 N–H and O–H groups in total. The Bertz CT molecular complexity index is 366. The van der Waals surface area contributed by atoms with Gasteiger partial charge in [-0.1, -0.05) is 12.1 Å². The number of hydrogen-bond donors (Lipinski definition) is 2. The highest BCUT2D eigenvalue weighted by Crippen LogP contribution is 2.18. The Morgan fingerprint density at radius 1 is 1.24 bits per heavy atom. The molecule has 1 saturated heterocycles. The molecule has 1 aromatic carbocycles. The number of nitrogens with two attached hydrogens (primary N) is 1. The molecule has 1 amide bonds. The van der Waals surface area contributed by atoms with E-state index in [1.165, 1.54) is 24.8 Å². The maximum atomic E-state index is 10.9. The summed E-state index contributed by atoms with van der Waals surface area (Å²) in [5.74, 6) is 0.502. The SMILES string of the molecule is NC(=O)c1ccc(CCC2CCNCC2)cc1. The van der Waals surface area contributed by atoms with Crippen LogP contribution in [0.3, 0.4) is 0 Å². The molecular formula is C14H20N2O. The van der Waals surface area contributed by atoms with Gasteiger partial charge in [-0.15, -0.1) is 0 Å². The standard InChI is InChI=1S/C14H20N2O/c15-14(17)13-5-3-11(4-6-13)1-2-12-7-9-16-10-8-12/h3-6,12,16H,1-2,7-10H2,(H2,15,17). The lowest BCUT2D eigenvalue weighted by molar-refractivity contribution is 0.100. The second-order valence-corrected chi connectivity index (χ2v) is 4.79. The molecule has 0 saturated carbocycles. The molecule has 0 aliphatic carbocycles. The van der Waals surface area contributed by atoms with E-state index in [2.05, 4.69) is 5.32 Å². The van der Waals surface area contributed by atoms with Gasteiger partial charge in [-0.2, -0.15) is 0 Å². The number of benzene rings is 1. The predicted molar refractivity (Wildman–Crippen MR) is 68.9 cm³/mol. The molecule has 92 valence electrons. The van der Waals surface area contributed by atoms with Crippen molar-refractivity contribution in [2.75, 3.05) is 13.1 Å². The Morgan fingerprint density at radius 3 is 2.47 bits per heavy atom. The Balaban J connectivity index is 1.84. The van der Waals surface area contributed by atoms with E-state index in [1.54, 1.807) is 0 Å². The third kappa shape index (κ3) is 3.56. The van der Waals surface area contributed by atoms with Crippen LogP contribution >= 0.6 is 0 Å². The molecule has 1 aliphatic rings. The minimum Gasteiger partial charge on any atom is -0.366 e. The zero-order valence-corrected chi connectivity index (χ0v) is 10.1. The average Bonchev–Trinajstić information content (AvgIpc) is 2.38. The summed E-state index contributed by atoms with van der Waals surface area (Å²) >= 11 is 0. The molecular weight excluding hydrogens is 212 g/mol. The lowest BCUT2D eigenvalue weighted by Gasteiger charge is -2.22. The quantitative estimate of drug-likeness (QED) is 0.830. The van der Waals surface area contributed by atoms with Gasteiger partial charge in [0.15, 0.2) is 0 Å². The highest BCUT2D eigenvalue weighted by molar-refractivity contribution is 5.92. The van der Waals surface area contributed by atoms with E-state index >= 15 is 0 Å². The number of carbonyl (C=O) groups is 1. The smallest absolute Gasteiger partial charge is 0.248 e. The van der Waals surface area contributed by atoms with Gasteiger partial charge in [-0.25, -0.2) is 0 Å². The lowest BCUT2D eigenvalue weighted by Crippen LogP contribution is -2.27. The van der Waals surface area contributed by atoms with Crippen molar-refractivity contribution in [3.8, 4) is 0 Å². The van der Waals surface area contributed by atoms with Crippen LogP contribution in [0.4, 0.5) is 0 Å². The molecule has 0 radical (unpaired) electrons. The summed E-state index contributed by atoms with van der Waals surface area (Å²) in [5, 5.41) is 3.38. The molecule has 0 bridgehead atoms. The maximum Gasteiger partial charge on any atom is 0.248 e. The van der Waals surface area contributed by atoms with E-state index < -0.39 is 0 Å². The van der Waals surface area contributed by atoms with Crippen molar-refractivity contribution in [2.45, 2.75) is 25.7 Å². The fourth-order valence-corrected chi connectivity index (χ4v) is 2.38. The van der Waals surface area contributed by atoms with Gasteiger partial charge in [0, 0.05) is 5.56 Å². The van der Waals surface area contributed by atoms with Crippen molar-refractivity contribution in [3.63, 3.8) is 0 Å². The number of hydrogen-bond acceptors (Lipinski definition) is 2. The minimum atomic E-state index is -0.352. The maximum absolute atomic E-state index is 10.9. The van der Waals surface area contributed by atoms with Gasteiger partial charge in [0.2, 0.25) is 5.91 Å². The number of aryl methyl sites for hydroxylation is 1. The van der Waals surface area contributed by atoms with E-state index in [-0.39, 0.29) is 5.91 Å². The lowest BCUT2D eigenvalue weighted by atomic mass is 9.91. The Labute approximate surface area is 102 Å². The van der Waals surface area contributed by atoms with Gasteiger partial charge < -0.3 is 11.1 Å². The van der Waals surface area contributed by atoms with Gasteiger partial charge in [0.1, 0.15) is 0 Å². The number of amides is 1. The molecule has 17 heavy (non-hydrogen) atoms. The molecule has 0 aromatic heterocycles. The summed E-state index contributed by atoms with van der Waals surface area (Å²) in [6.45, 7) is 2.32. The fraction of sp³-hybridized carbons (Fsp3) is 0.500. The summed E-state index contributed by atoms with van der Waals surface area (Å²) in [5.41, 5.74) is 7.10. The second-order valence-electron chi connectivity index (χ2n) is 4.79. The van der Waals surface area contributed by atoms with E-state index in [0.29, 0.717) is 5.56 Å². The molecule has 3 nitrogen and oxygen atoms in total. The van der Waals surface area contributed by atoms with E-state index in [9.17, 15) is 4.79 Å². The largest absolute Gasteiger partial charge is 0.366 e. The molecule has 0 spiro atoms. The molecule has 3 heteroatoms. The van der Waals surface area contributed by atoms with Crippen LogP contribution in [0.1, 0.15) is 35.2 Å². The zero-order chi connectivity index (χ0) is 12.1. The van der Waals surface area contributed by atoms with Gasteiger partial charge in [0.05, 0.1) is 0 Å². The number of primary amides is 1. The summed E-state index contributed by atoms with van der Waals surface area (Å²) in [6.07, 6.45) is 4.93. The van der Waals surface area contributed by atoms with Gasteiger partial charge in [-0.05, 0) is 62.4 Å². The van der Waals surface area contributed by atoms with Crippen molar-refractivity contribution < 1.29 is 4.79 Å². The Morgan fingerprint density at radius 2 is 1.88 bits per heavy atom. The van der Waals surface area contributed by atoms with E-state index in [4.69, 9.17) is 5.73 Å². The van der Waals surface area contributed by atoms with Crippen LogP contribution in [0.25, 0.3) is 0 Å². The van der Waals surface area contributed by atoms with Crippen LogP contribution < -0.4 is 11.1 Å². The molecule has 2 rings (SSSR count). The van der Waals surface area contributed by atoms with Crippen LogP contribution in [0.5, 0.6) is 0 Å². The first-order valence-electron chi connectivity index (χ1n) is 6.35. The number of rotatable bonds is 4. The highest BCUT2D eigenvalue weighted by Gasteiger charge is 2.12. The molecule has 1 fully saturated rings.